The lowest BCUT2D eigenvalue weighted by molar-refractivity contribution is -0.0300. The zero-order chi connectivity index (χ0) is 14.0. The summed E-state index contributed by atoms with van der Waals surface area (Å²) in [6.07, 6.45) is -0.159. The van der Waals surface area contributed by atoms with Gasteiger partial charge in [0.15, 0.2) is 0 Å². The van der Waals surface area contributed by atoms with Gasteiger partial charge in [-0.05, 0) is 31.5 Å². The van der Waals surface area contributed by atoms with Gasteiger partial charge in [-0.2, -0.15) is 0 Å². The molecule has 1 aromatic rings. The number of nitrogens with zero attached hydrogens (tertiary/aromatic N) is 1. The predicted molar refractivity (Wildman–Crippen MR) is 70.4 cm³/mol. The van der Waals surface area contributed by atoms with E-state index in [9.17, 15) is 9.18 Å². The Kier molecular flexibility index (Phi) is 4.17. The molecule has 2 N–H and O–H groups in total. The van der Waals surface area contributed by atoms with Crippen LogP contribution >= 0.6 is 0 Å². The maximum absolute atomic E-state index is 13.5. The van der Waals surface area contributed by atoms with Crippen molar-refractivity contribution in [3.63, 3.8) is 0 Å². The number of nitrogens with two attached hydrogens (primary N) is 1. The number of ether oxygens (including phenoxy) is 1. The van der Waals surface area contributed by atoms with Crippen LogP contribution in [0, 0.1) is 12.7 Å². The summed E-state index contributed by atoms with van der Waals surface area (Å²) >= 11 is 0. The summed E-state index contributed by atoms with van der Waals surface area (Å²) < 4.78 is 19.0. The van der Waals surface area contributed by atoms with Gasteiger partial charge in [0.05, 0.1) is 12.7 Å². The van der Waals surface area contributed by atoms with Gasteiger partial charge >= 0.3 is 0 Å². The van der Waals surface area contributed by atoms with Crippen molar-refractivity contribution < 1.29 is 13.9 Å². The molecule has 1 amide bonds. The van der Waals surface area contributed by atoms with Crippen LogP contribution in [0.2, 0.25) is 0 Å². The fourth-order valence-electron chi connectivity index (χ4n) is 2.09. The maximum atomic E-state index is 13.5. The molecule has 0 aromatic heterocycles. The van der Waals surface area contributed by atoms with Crippen LogP contribution in [0.3, 0.4) is 0 Å². The third-order valence-electron chi connectivity index (χ3n) is 3.39. The Balaban J connectivity index is 2.12. The molecule has 1 heterocycles. The molecule has 0 spiro atoms. The largest absolute Gasteiger partial charge is 0.373 e. The van der Waals surface area contributed by atoms with Crippen LogP contribution in [0.15, 0.2) is 18.2 Å². The molecule has 0 bridgehead atoms. The molecule has 19 heavy (non-hydrogen) atoms. The first-order valence-corrected chi connectivity index (χ1v) is 6.41. The summed E-state index contributed by atoms with van der Waals surface area (Å²) in [4.78, 5) is 14.0. The smallest absolute Gasteiger partial charge is 0.254 e. The summed E-state index contributed by atoms with van der Waals surface area (Å²) in [5.74, 6) is -0.532. The van der Waals surface area contributed by atoms with Crippen LogP contribution in [0.1, 0.15) is 22.8 Å². The number of halogens is 1. The molecule has 2 atom stereocenters. The Bertz CT molecular complexity index is 477. The van der Waals surface area contributed by atoms with Gasteiger partial charge in [-0.1, -0.05) is 6.07 Å². The molecule has 1 aliphatic heterocycles. The molecule has 0 saturated carbocycles. The van der Waals surface area contributed by atoms with Crippen LogP contribution < -0.4 is 5.73 Å². The van der Waals surface area contributed by atoms with Crippen molar-refractivity contribution >= 4 is 5.91 Å². The molecular weight excluding hydrogens is 247 g/mol. The van der Waals surface area contributed by atoms with Crippen molar-refractivity contribution in [2.24, 2.45) is 5.73 Å². The van der Waals surface area contributed by atoms with Crippen molar-refractivity contribution in [3.8, 4) is 0 Å². The molecule has 0 radical (unpaired) electrons. The van der Waals surface area contributed by atoms with Crippen LogP contribution in [0.25, 0.3) is 0 Å². The van der Waals surface area contributed by atoms with Gasteiger partial charge in [-0.15, -0.1) is 0 Å². The first-order chi connectivity index (χ1) is 8.99. The number of morpholine rings is 1. The van der Waals surface area contributed by atoms with E-state index in [0.29, 0.717) is 30.8 Å². The summed E-state index contributed by atoms with van der Waals surface area (Å²) in [7, 11) is 0. The van der Waals surface area contributed by atoms with Gasteiger partial charge < -0.3 is 15.4 Å². The SMILES string of the molecule is Cc1ccc(C(=O)N2CCOC(C(C)N)C2)cc1F. The van der Waals surface area contributed by atoms with Crippen molar-refractivity contribution in [2.75, 3.05) is 19.7 Å². The van der Waals surface area contributed by atoms with Gasteiger partial charge in [0.2, 0.25) is 0 Å². The number of hydrogen-bond donors (Lipinski definition) is 1. The number of amides is 1. The molecule has 1 aliphatic rings. The number of carbonyl (C=O) groups is 1. The third kappa shape index (κ3) is 3.11. The molecule has 5 heteroatoms. The highest BCUT2D eigenvalue weighted by Crippen LogP contribution is 2.15. The second-order valence-electron chi connectivity index (χ2n) is 4.98. The van der Waals surface area contributed by atoms with Crippen LogP contribution in [-0.4, -0.2) is 42.6 Å². The Morgan fingerprint density at radius 2 is 2.32 bits per heavy atom. The minimum Gasteiger partial charge on any atom is -0.373 e. The lowest BCUT2D eigenvalue weighted by Gasteiger charge is -2.34. The number of carbonyl (C=O) groups excluding carboxylic acids is 1. The molecule has 1 saturated heterocycles. The summed E-state index contributed by atoms with van der Waals surface area (Å²) in [5, 5.41) is 0. The highest BCUT2D eigenvalue weighted by molar-refractivity contribution is 5.94. The second-order valence-corrected chi connectivity index (χ2v) is 4.98. The predicted octanol–water partition coefficient (Wildman–Crippen LogP) is 1.32. The number of hydrogen-bond acceptors (Lipinski definition) is 3. The fourth-order valence-corrected chi connectivity index (χ4v) is 2.09. The van der Waals surface area contributed by atoms with Gasteiger partial charge in [-0.3, -0.25) is 4.79 Å². The van der Waals surface area contributed by atoms with E-state index in [-0.39, 0.29) is 23.9 Å². The average molecular weight is 266 g/mol. The number of aryl methyl sites for hydroxylation is 1. The van der Waals surface area contributed by atoms with E-state index >= 15 is 0 Å². The minimum atomic E-state index is -0.358. The van der Waals surface area contributed by atoms with E-state index in [4.69, 9.17) is 10.5 Å². The monoisotopic (exact) mass is 266 g/mol. The van der Waals surface area contributed by atoms with E-state index in [1.165, 1.54) is 6.07 Å². The molecule has 1 fully saturated rings. The molecule has 104 valence electrons. The average Bonchev–Trinajstić information content (AvgIpc) is 2.41. The summed E-state index contributed by atoms with van der Waals surface area (Å²) in [6.45, 7) is 4.95. The number of benzene rings is 1. The molecule has 2 unspecified atom stereocenters. The molecule has 0 aliphatic carbocycles. The molecule has 1 aromatic carbocycles. The quantitative estimate of drug-likeness (QED) is 0.878. The summed E-state index contributed by atoms with van der Waals surface area (Å²) in [5.41, 5.74) is 6.69. The molecule has 2 rings (SSSR count). The Morgan fingerprint density at radius 1 is 1.58 bits per heavy atom. The third-order valence-corrected chi connectivity index (χ3v) is 3.39. The molecule has 4 nitrogen and oxygen atoms in total. The van der Waals surface area contributed by atoms with Crippen LogP contribution in [0.5, 0.6) is 0 Å². The minimum absolute atomic E-state index is 0.134. The highest BCUT2D eigenvalue weighted by atomic mass is 19.1. The van der Waals surface area contributed by atoms with Crippen molar-refractivity contribution in [3.05, 3.63) is 35.1 Å². The van der Waals surface area contributed by atoms with Gasteiger partial charge in [0.1, 0.15) is 5.82 Å². The Morgan fingerprint density at radius 3 is 2.95 bits per heavy atom. The van der Waals surface area contributed by atoms with Gasteiger partial charge in [0, 0.05) is 24.7 Å². The van der Waals surface area contributed by atoms with Crippen molar-refractivity contribution in [2.45, 2.75) is 26.0 Å². The van der Waals surface area contributed by atoms with Crippen LogP contribution in [0.4, 0.5) is 4.39 Å². The lowest BCUT2D eigenvalue weighted by atomic mass is 10.1. The van der Waals surface area contributed by atoms with Crippen LogP contribution in [-0.2, 0) is 4.74 Å². The van der Waals surface area contributed by atoms with E-state index in [0.717, 1.165) is 0 Å². The topological polar surface area (TPSA) is 55.6 Å². The van der Waals surface area contributed by atoms with E-state index in [1.807, 2.05) is 6.92 Å². The number of rotatable bonds is 2. The standard InChI is InChI=1S/C14H19FN2O2/c1-9-3-4-11(7-12(9)15)14(18)17-5-6-19-13(8-17)10(2)16/h3-4,7,10,13H,5-6,8,16H2,1-2H3. The Labute approximate surface area is 112 Å². The molecular formula is C14H19FN2O2. The summed E-state index contributed by atoms with van der Waals surface area (Å²) in [6, 6.07) is 4.42. The first-order valence-electron chi connectivity index (χ1n) is 6.41. The normalized spacial score (nSPS) is 21.3. The maximum Gasteiger partial charge on any atom is 0.254 e. The lowest BCUT2D eigenvalue weighted by Crippen LogP contribution is -2.51. The van der Waals surface area contributed by atoms with E-state index in [2.05, 4.69) is 0 Å². The second kappa shape index (κ2) is 5.67. The zero-order valence-corrected chi connectivity index (χ0v) is 11.2. The van der Waals surface area contributed by atoms with Gasteiger partial charge in [0.25, 0.3) is 5.91 Å². The van der Waals surface area contributed by atoms with Gasteiger partial charge in [-0.25, -0.2) is 4.39 Å². The van der Waals surface area contributed by atoms with Crippen molar-refractivity contribution in [1.29, 1.82) is 0 Å². The van der Waals surface area contributed by atoms with Crippen molar-refractivity contribution in [1.82, 2.24) is 4.90 Å². The van der Waals surface area contributed by atoms with E-state index < -0.39 is 0 Å². The fraction of sp³-hybridized carbons (Fsp3) is 0.500. The Hall–Kier alpha value is -1.46. The highest BCUT2D eigenvalue weighted by Gasteiger charge is 2.27. The first kappa shape index (κ1) is 14.0. The zero-order valence-electron chi connectivity index (χ0n) is 11.2. The van der Waals surface area contributed by atoms with E-state index in [1.54, 1.807) is 24.0 Å².